The largest absolute Gasteiger partial charge is 0.461 e. The number of para-hydroxylation sites is 1. The number of furan rings is 1. The quantitative estimate of drug-likeness (QED) is 0.325. The molecule has 0 fully saturated rings. The predicted molar refractivity (Wildman–Crippen MR) is 128 cm³/mol. The van der Waals surface area contributed by atoms with Crippen molar-refractivity contribution >= 4 is 11.7 Å². The number of anilines is 1. The first-order valence-corrected chi connectivity index (χ1v) is 10.9. The Morgan fingerprint density at radius 3 is 2.18 bits per heavy atom. The van der Waals surface area contributed by atoms with E-state index in [0.29, 0.717) is 29.6 Å². The molecule has 2 N–H and O–H groups in total. The Hall–Kier alpha value is -4.65. The van der Waals surface area contributed by atoms with E-state index in [1.54, 1.807) is 18.4 Å². The smallest absolute Gasteiger partial charge is 0.319 e. The fourth-order valence-electron chi connectivity index (χ4n) is 3.73. The molecular weight excluding hydrogens is 428 g/mol. The highest BCUT2D eigenvalue weighted by Crippen LogP contribution is 2.24. The van der Waals surface area contributed by atoms with Crippen LogP contribution in [0.5, 0.6) is 0 Å². The monoisotopic (exact) mass is 450 g/mol. The summed E-state index contributed by atoms with van der Waals surface area (Å²) in [5.74, 6) is 1.35. The lowest BCUT2D eigenvalue weighted by atomic mass is 9.99. The number of hydrogen-bond donors (Lipinski definition) is 2. The Balaban J connectivity index is 1.33. The van der Waals surface area contributed by atoms with E-state index in [1.165, 1.54) is 0 Å². The Kier molecular flexibility index (Phi) is 6.16. The van der Waals surface area contributed by atoms with Crippen LogP contribution in [0, 0.1) is 0 Å². The number of nitrogens with one attached hydrogen (secondary N) is 2. The third-order valence-electron chi connectivity index (χ3n) is 5.36. The Morgan fingerprint density at radius 1 is 0.824 bits per heavy atom. The first-order valence-electron chi connectivity index (χ1n) is 10.9. The van der Waals surface area contributed by atoms with Crippen LogP contribution in [0.1, 0.15) is 28.6 Å². The van der Waals surface area contributed by atoms with Crippen LogP contribution in [0.25, 0.3) is 11.6 Å². The van der Waals surface area contributed by atoms with Crippen LogP contribution in [-0.2, 0) is 6.42 Å². The molecule has 0 radical (unpaired) electrons. The summed E-state index contributed by atoms with van der Waals surface area (Å²) in [4.78, 5) is 17.4. The molecule has 2 heterocycles. The number of benzene rings is 3. The molecule has 0 saturated heterocycles. The summed E-state index contributed by atoms with van der Waals surface area (Å²) in [6.45, 7) is 0. The van der Waals surface area contributed by atoms with Crippen LogP contribution < -0.4 is 10.6 Å². The molecule has 0 aliphatic rings. The number of amides is 2. The second-order valence-corrected chi connectivity index (χ2v) is 7.68. The Labute approximate surface area is 196 Å². The molecule has 0 unspecified atom stereocenters. The summed E-state index contributed by atoms with van der Waals surface area (Å²) in [6, 6.07) is 30.2. The second kappa shape index (κ2) is 9.87. The zero-order valence-corrected chi connectivity index (χ0v) is 18.2. The van der Waals surface area contributed by atoms with E-state index >= 15 is 0 Å². The highest BCUT2D eigenvalue weighted by atomic mass is 16.5. The lowest BCUT2D eigenvalue weighted by Crippen LogP contribution is -2.33. The van der Waals surface area contributed by atoms with Gasteiger partial charge in [0.1, 0.15) is 0 Å². The molecule has 5 rings (SSSR count). The second-order valence-electron chi connectivity index (χ2n) is 7.68. The molecule has 7 nitrogen and oxygen atoms in total. The topological polar surface area (TPSA) is 93.2 Å². The molecule has 0 aliphatic heterocycles. The SMILES string of the molecule is O=C(Nc1ccccc1Cc1nc(-c2ccco2)no1)NC(c1ccccc1)c1ccccc1. The first-order chi connectivity index (χ1) is 16.8. The van der Waals surface area contributed by atoms with Crippen molar-refractivity contribution < 1.29 is 13.7 Å². The maximum Gasteiger partial charge on any atom is 0.319 e. The van der Waals surface area contributed by atoms with Gasteiger partial charge in [0, 0.05) is 5.69 Å². The van der Waals surface area contributed by atoms with Crippen molar-refractivity contribution in [1.82, 2.24) is 15.5 Å². The van der Waals surface area contributed by atoms with Crippen LogP contribution in [-0.4, -0.2) is 16.2 Å². The van der Waals surface area contributed by atoms with E-state index in [9.17, 15) is 4.79 Å². The van der Waals surface area contributed by atoms with Crippen molar-refractivity contribution in [2.45, 2.75) is 12.5 Å². The molecule has 0 saturated carbocycles. The van der Waals surface area contributed by atoms with Crippen molar-refractivity contribution in [3.05, 3.63) is 126 Å². The summed E-state index contributed by atoms with van der Waals surface area (Å²) >= 11 is 0. The van der Waals surface area contributed by atoms with Crippen molar-refractivity contribution in [1.29, 1.82) is 0 Å². The fourth-order valence-corrected chi connectivity index (χ4v) is 3.73. The van der Waals surface area contributed by atoms with Crippen LogP contribution in [0.3, 0.4) is 0 Å². The minimum Gasteiger partial charge on any atom is -0.461 e. The normalized spacial score (nSPS) is 10.9. The number of carbonyl (C=O) groups excluding carboxylic acids is 1. The van der Waals surface area contributed by atoms with E-state index < -0.39 is 0 Å². The van der Waals surface area contributed by atoms with Gasteiger partial charge in [-0.05, 0) is 34.9 Å². The molecule has 0 spiro atoms. The average molecular weight is 450 g/mol. The lowest BCUT2D eigenvalue weighted by Gasteiger charge is -2.21. The van der Waals surface area contributed by atoms with Gasteiger partial charge in [-0.25, -0.2) is 4.79 Å². The minimum absolute atomic E-state index is 0.290. The summed E-state index contributed by atoms with van der Waals surface area (Å²) in [6.07, 6.45) is 1.92. The van der Waals surface area contributed by atoms with Crippen molar-refractivity contribution in [2.75, 3.05) is 5.32 Å². The van der Waals surface area contributed by atoms with Crippen molar-refractivity contribution in [3.63, 3.8) is 0 Å². The van der Waals surface area contributed by atoms with Gasteiger partial charge in [0.2, 0.25) is 11.7 Å². The van der Waals surface area contributed by atoms with Gasteiger partial charge in [-0.2, -0.15) is 4.98 Å². The van der Waals surface area contributed by atoms with Crippen LogP contribution >= 0.6 is 0 Å². The maximum absolute atomic E-state index is 13.0. The first kappa shape index (κ1) is 21.2. The minimum atomic E-state index is -0.313. The molecule has 0 atom stereocenters. The number of rotatable bonds is 7. The molecule has 168 valence electrons. The molecule has 7 heteroatoms. The fraction of sp³-hybridized carbons (Fsp3) is 0.0741. The summed E-state index contributed by atoms with van der Waals surface area (Å²) in [5.41, 5.74) is 3.50. The molecular formula is C27H22N4O3. The lowest BCUT2D eigenvalue weighted by molar-refractivity contribution is 0.250. The molecule has 2 amide bonds. The van der Waals surface area contributed by atoms with E-state index in [2.05, 4.69) is 20.8 Å². The van der Waals surface area contributed by atoms with Gasteiger partial charge >= 0.3 is 6.03 Å². The standard InChI is InChI=1S/C27H22N4O3/c32-27(30-25(19-10-3-1-4-11-19)20-12-5-2-6-13-20)28-22-15-8-7-14-21(22)18-24-29-26(31-34-24)23-16-9-17-33-23/h1-17,25H,18H2,(H2,28,30,32). The summed E-state index contributed by atoms with van der Waals surface area (Å²) in [5, 5.41) is 10.0. The Morgan fingerprint density at radius 2 is 1.50 bits per heavy atom. The predicted octanol–water partition coefficient (Wildman–Crippen LogP) is 5.83. The molecule has 34 heavy (non-hydrogen) atoms. The van der Waals surface area contributed by atoms with Gasteiger partial charge in [0.15, 0.2) is 5.76 Å². The summed E-state index contributed by atoms with van der Waals surface area (Å²) in [7, 11) is 0. The van der Waals surface area contributed by atoms with Gasteiger partial charge in [0.25, 0.3) is 0 Å². The van der Waals surface area contributed by atoms with E-state index in [0.717, 1.165) is 16.7 Å². The third kappa shape index (κ3) is 4.88. The van der Waals surface area contributed by atoms with Gasteiger partial charge in [0.05, 0.1) is 18.7 Å². The molecule has 0 bridgehead atoms. The molecule has 3 aromatic carbocycles. The summed E-state index contributed by atoms with van der Waals surface area (Å²) < 4.78 is 10.7. The third-order valence-corrected chi connectivity index (χ3v) is 5.36. The number of urea groups is 1. The van der Waals surface area contributed by atoms with Crippen LogP contribution in [0.4, 0.5) is 10.5 Å². The zero-order valence-electron chi connectivity index (χ0n) is 18.2. The number of hydrogen-bond acceptors (Lipinski definition) is 5. The van der Waals surface area contributed by atoms with Gasteiger partial charge in [-0.1, -0.05) is 84.0 Å². The van der Waals surface area contributed by atoms with Gasteiger partial charge in [-0.15, -0.1) is 0 Å². The highest BCUT2D eigenvalue weighted by Gasteiger charge is 2.18. The molecule has 0 aliphatic carbocycles. The number of nitrogens with zero attached hydrogens (tertiary/aromatic N) is 2. The van der Waals surface area contributed by atoms with Crippen LogP contribution in [0.2, 0.25) is 0 Å². The maximum atomic E-state index is 13.0. The average Bonchev–Trinajstić information content (AvgIpc) is 3.57. The van der Waals surface area contributed by atoms with Crippen molar-refractivity contribution in [2.24, 2.45) is 0 Å². The zero-order chi connectivity index (χ0) is 23.2. The van der Waals surface area contributed by atoms with Crippen LogP contribution in [0.15, 0.2) is 112 Å². The van der Waals surface area contributed by atoms with Gasteiger partial charge in [-0.3, -0.25) is 0 Å². The van der Waals surface area contributed by atoms with E-state index in [-0.39, 0.29) is 12.1 Å². The molecule has 2 aromatic heterocycles. The molecule has 5 aromatic rings. The number of carbonyl (C=O) groups is 1. The van der Waals surface area contributed by atoms with Crippen molar-refractivity contribution in [3.8, 4) is 11.6 Å². The number of aromatic nitrogens is 2. The Bertz CT molecular complexity index is 1310. The van der Waals surface area contributed by atoms with E-state index in [1.807, 2.05) is 84.9 Å². The van der Waals surface area contributed by atoms with Gasteiger partial charge < -0.3 is 19.6 Å². The highest BCUT2D eigenvalue weighted by molar-refractivity contribution is 5.90. The van der Waals surface area contributed by atoms with E-state index in [4.69, 9.17) is 8.94 Å².